The third kappa shape index (κ3) is 5.95. The molecule has 0 bridgehead atoms. The van der Waals surface area contributed by atoms with Gasteiger partial charge in [-0.2, -0.15) is 0 Å². The molecule has 0 N–H and O–H groups in total. The average molecular weight is 449 g/mol. The molecule has 8 heteroatoms. The normalized spacial score (nSPS) is 14.3. The fourth-order valence-corrected chi connectivity index (χ4v) is 3.37. The van der Waals surface area contributed by atoms with Crippen LogP contribution in [-0.4, -0.2) is 42.0 Å². The molecule has 0 aliphatic carbocycles. The lowest BCUT2D eigenvalue weighted by Crippen LogP contribution is -2.40. The summed E-state index contributed by atoms with van der Waals surface area (Å²) < 4.78 is 30.6. The first-order valence-electron chi connectivity index (χ1n) is 9.91. The molecule has 0 saturated heterocycles. The topological polar surface area (TPSA) is 60.9 Å². The maximum absolute atomic E-state index is 14.9. The summed E-state index contributed by atoms with van der Waals surface area (Å²) in [4.78, 5) is 18.2. The lowest BCUT2D eigenvalue weighted by Gasteiger charge is -2.31. The van der Waals surface area contributed by atoms with Gasteiger partial charge in [0.2, 0.25) is 0 Å². The summed E-state index contributed by atoms with van der Waals surface area (Å²) in [6, 6.07) is 6.82. The van der Waals surface area contributed by atoms with Gasteiger partial charge in [0.25, 0.3) is 0 Å². The molecule has 1 aromatic carbocycles. The Bertz CT molecular complexity index is 988. The number of benzene rings is 1. The highest BCUT2D eigenvalue weighted by Gasteiger charge is 2.26. The average Bonchev–Trinajstić information content (AvgIpc) is 2.72. The molecule has 1 amide bonds. The minimum Gasteiger partial charge on any atom is -0.466 e. The van der Waals surface area contributed by atoms with E-state index >= 15 is 0 Å². The highest BCUT2D eigenvalue weighted by Crippen LogP contribution is 2.32. The number of ether oxygens (including phenoxy) is 3. The fourth-order valence-electron chi connectivity index (χ4n) is 3.14. The SMILES string of the molecule is COCOc1cccc(/C=C(\F)c2cc3c(cn2)CN(C(=O)OC(C)(C)C)CC3)c1Cl. The number of amides is 1. The van der Waals surface area contributed by atoms with E-state index in [1.54, 1.807) is 35.4 Å². The van der Waals surface area contributed by atoms with Gasteiger partial charge in [-0.25, -0.2) is 9.18 Å². The molecular formula is C23H26ClFN2O4. The third-order valence-corrected chi connectivity index (χ3v) is 5.00. The van der Waals surface area contributed by atoms with Gasteiger partial charge in [0.05, 0.1) is 17.3 Å². The van der Waals surface area contributed by atoms with Crippen LogP contribution in [0.5, 0.6) is 5.75 Å². The monoisotopic (exact) mass is 448 g/mol. The number of halogens is 2. The maximum atomic E-state index is 14.9. The van der Waals surface area contributed by atoms with Crippen molar-refractivity contribution in [3.05, 3.63) is 57.9 Å². The van der Waals surface area contributed by atoms with Gasteiger partial charge in [0.15, 0.2) is 6.79 Å². The predicted octanol–water partition coefficient (Wildman–Crippen LogP) is 5.48. The van der Waals surface area contributed by atoms with Crippen molar-refractivity contribution in [2.75, 3.05) is 20.4 Å². The Kier molecular flexibility index (Phi) is 7.18. The molecule has 166 valence electrons. The molecule has 1 aliphatic heterocycles. The quantitative estimate of drug-likeness (QED) is 0.567. The lowest BCUT2D eigenvalue weighted by atomic mass is 10.0. The number of nitrogens with zero attached hydrogens (tertiary/aromatic N) is 2. The van der Waals surface area contributed by atoms with Crippen LogP contribution in [0.2, 0.25) is 5.02 Å². The van der Waals surface area contributed by atoms with E-state index in [-0.39, 0.29) is 18.6 Å². The second kappa shape index (κ2) is 9.66. The molecule has 0 saturated carbocycles. The van der Waals surface area contributed by atoms with Gasteiger partial charge in [0, 0.05) is 19.9 Å². The number of hydrogen-bond donors (Lipinski definition) is 0. The summed E-state index contributed by atoms with van der Waals surface area (Å²) >= 11 is 6.32. The molecule has 3 rings (SSSR count). The van der Waals surface area contributed by atoms with Crippen LogP contribution in [0, 0.1) is 0 Å². The van der Waals surface area contributed by atoms with Gasteiger partial charge in [-0.05, 0) is 62.1 Å². The maximum Gasteiger partial charge on any atom is 0.410 e. The fraction of sp³-hybridized carbons (Fsp3) is 0.391. The molecule has 0 spiro atoms. The van der Waals surface area contributed by atoms with Crippen LogP contribution in [0.4, 0.5) is 9.18 Å². The molecule has 0 fully saturated rings. The van der Waals surface area contributed by atoms with E-state index in [4.69, 9.17) is 25.8 Å². The number of hydrogen-bond acceptors (Lipinski definition) is 5. The largest absolute Gasteiger partial charge is 0.466 e. The minimum atomic E-state index is -0.555. The van der Waals surface area contributed by atoms with E-state index < -0.39 is 11.4 Å². The van der Waals surface area contributed by atoms with Crippen molar-refractivity contribution in [3.63, 3.8) is 0 Å². The first kappa shape index (κ1) is 23.0. The van der Waals surface area contributed by atoms with Crippen molar-refractivity contribution in [2.24, 2.45) is 0 Å². The number of carbonyl (C=O) groups is 1. The third-order valence-electron chi connectivity index (χ3n) is 4.60. The second-order valence-electron chi connectivity index (χ2n) is 8.19. The van der Waals surface area contributed by atoms with Gasteiger partial charge in [-0.3, -0.25) is 4.98 Å². The Hall–Kier alpha value is -2.64. The first-order valence-corrected chi connectivity index (χ1v) is 10.3. The highest BCUT2D eigenvalue weighted by atomic mass is 35.5. The molecule has 6 nitrogen and oxygen atoms in total. The zero-order valence-electron chi connectivity index (χ0n) is 18.1. The van der Waals surface area contributed by atoms with Crippen molar-refractivity contribution in [2.45, 2.75) is 39.3 Å². The summed E-state index contributed by atoms with van der Waals surface area (Å²) in [7, 11) is 1.51. The number of rotatable bonds is 5. The van der Waals surface area contributed by atoms with Gasteiger partial charge >= 0.3 is 6.09 Å². The van der Waals surface area contributed by atoms with Crippen molar-refractivity contribution >= 4 is 29.6 Å². The number of aromatic nitrogens is 1. The summed E-state index contributed by atoms with van der Waals surface area (Å²) in [5.41, 5.74) is 1.96. The zero-order chi connectivity index (χ0) is 22.6. The number of carbonyl (C=O) groups excluding carboxylic acids is 1. The molecule has 0 radical (unpaired) electrons. The number of pyridine rings is 1. The molecule has 31 heavy (non-hydrogen) atoms. The van der Waals surface area contributed by atoms with Crippen LogP contribution >= 0.6 is 11.6 Å². The summed E-state index contributed by atoms with van der Waals surface area (Å²) in [5.74, 6) is -0.103. The van der Waals surface area contributed by atoms with Crippen LogP contribution in [0.1, 0.15) is 43.2 Å². The summed E-state index contributed by atoms with van der Waals surface area (Å²) in [6.45, 7) is 6.42. The highest BCUT2D eigenvalue weighted by molar-refractivity contribution is 6.33. The zero-order valence-corrected chi connectivity index (χ0v) is 18.8. The van der Waals surface area contributed by atoms with E-state index in [1.807, 2.05) is 20.8 Å². The summed E-state index contributed by atoms with van der Waals surface area (Å²) in [5, 5.41) is 0.292. The van der Waals surface area contributed by atoms with E-state index in [9.17, 15) is 9.18 Å². The lowest BCUT2D eigenvalue weighted by molar-refractivity contribution is 0.0223. The molecule has 0 unspecified atom stereocenters. The number of fused-ring (bicyclic) bond motifs is 1. The van der Waals surface area contributed by atoms with Crippen molar-refractivity contribution in [1.29, 1.82) is 0 Å². The van der Waals surface area contributed by atoms with E-state index in [0.29, 0.717) is 35.8 Å². The van der Waals surface area contributed by atoms with Gasteiger partial charge in [-0.1, -0.05) is 23.7 Å². The van der Waals surface area contributed by atoms with Gasteiger partial charge < -0.3 is 19.1 Å². The van der Waals surface area contributed by atoms with E-state index in [1.165, 1.54) is 13.2 Å². The minimum absolute atomic E-state index is 0.0437. The molecular weight excluding hydrogens is 423 g/mol. The van der Waals surface area contributed by atoms with Gasteiger partial charge in [0.1, 0.15) is 17.2 Å². The Morgan fingerprint density at radius 1 is 1.32 bits per heavy atom. The van der Waals surface area contributed by atoms with Crippen molar-refractivity contribution in [1.82, 2.24) is 9.88 Å². The molecule has 1 aromatic heterocycles. The second-order valence-corrected chi connectivity index (χ2v) is 8.57. The summed E-state index contributed by atoms with van der Waals surface area (Å²) in [6.07, 6.45) is 3.16. The van der Waals surface area contributed by atoms with Crippen molar-refractivity contribution in [3.8, 4) is 5.75 Å². The predicted molar refractivity (Wildman–Crippen MR) is 118 cm³/mol. The smallest absolute Gasteiger partial charge is 0.410 e. The first-order chi connectivity index (χ1) is 14.7. The van der Waals surface area contributed by atoms with Crippen LogP contribution in [0.3, 0.4) is 0 Å². The van der Waals surface area contributed by atoms with Crippen LogP contribution in [0.15, 0.2) is 30.5 Å². The van der Waals surface area contributed by atoms with Crippen LogP contribution in [-0.2, 0) is 22.4 Å². The van der Waals surface area contributed by atoms with E-state index in [0.717, 1.165) is 11.1 Å². The number of methoxy groups -OCH3 is 1. The molecule has 2 heterocycles. The molecule has 1 aliphatic rings. The van der Waals surface area contributed by atoms with Crippen LogP contribution < -0.4 is 4.74 Å². The molecule has 2 aromatic rings. The van der Waals surface area contributed by atoms with Crippen molar-refractivity contribution < 1.29 is 23.4 Å². The Morgan fingerprint density at radius 3 is 2.81 bits per heavy atom. The van der Waals surface area contributed by atoms with E-state index in [2.05, 4.69) is 4.98 Å². The Morgan fingerprint density at radius 2 is 2.10 bits per heavy atom. The molecule has 0 atom stereocenters. The standard InChI is InChI=1S/C23H26ClFN2O4/c1-23(2,3)31-22(28)27-9-8-15-11-19(26-12-17(15)13-27)18(25)10-16-6-5-7-20(21(16)24)30-14-29-4/h5-7,10-12H,8-9,13-14H2,1-4H3/b18-10-. The van der Waals surface area contributed by atoms with Crippen LogP contribution in [0.25, 0.3) is 11.9 Å². The Labute approximate surface area is 186 Å². The van der Waals surface area contributed by atoms with Gasteiger partial charge in [-0.15, -0.1) is 0 Å². The Balaban J connectivity index is 1.77.